The molecule has 0 atom stereocenters. The molecule has 0 aromatic heterocycles. The van der Waals surface area contributed by atoms with Gasteiger partial charge in [-0.25, -0.2) is 9.59 Å². The molecule has 0 amide bonds. The van der Waals surface area contributed by atoms with Crippen LogP contribution in [0, 0.1) is 34.5 Å². The Morgan fingerprint density at radius 2 is 1.08 bits per heavy atom. The van der Waals surface area contributed by atoms with Crippen molar-refractivity contribution in [1.29, 1.82) is 10.5 Å². The molecule has 0 saturated heterocycles. The van der Waals surface area contributed by atoms with E-state index in [1.807, 2.05) is 72.8 Å². The predicted molar refractivity (Wildman–Crippen MR) is 135 cm³/mol. The standard InChI is InChI=1S/C28H28N4O4/c29-15-23(17-31-25-7-3-1-4-8-25)27(33)35-19-21-11-13-22(14-12-21)20-36-28(34)24(16-30)18-32-26-9-5-2-6-10-26/h1-10,17-18,21-22,31-32H,11-14,19-20H2/b23-17+,24-18+. The lowest BCUT2D eigenvalue weighted by atomic mass is 9.83. The van der Waals surface area contributed by atoms with Crippen LogP contribution in [0.5, 0.6) is 0 Å². The SMILES string of the molecule is N#C/C(=C\Nc1ccccc1)C(=O)OCC1CCC(COC(=O)/C(C#N)=C/Nc2ccccc2)CC1. The Balaban J connectivity index is 1.37. The van der Waals surface area contributed by atoms with E-state index < -0.39 is 11.9 Å². The van der Waals surface area contributed by atoms with Gasteiger partial charge in [0.05, 0.1) is 13.2 Å². The van der Waals surface area contributed by atoms with Crippen LogP contribution in [0.3, 0.4) is 0 Å². The number of nitrogens with one attached hydrogen (secondary N) is 2. The summed E-state index contributed by atoms with van der Waals surface area (Å²) in [5.41, 5.74) is 1.34. The number of para-hydroxylation sites is 2. The molecule has 2 N–H and O–H groups in total. The van der Waals surface area contributed by atoms with Gasteiger partial charge in [-0.3, -0.25) is 0 Å². The number of benzene rings is 2. The zero-order valence-corrected chi connectivity index (χ0v) is 19.9. The molecule has 0 spiro atoms. The first kappa shape index (κ1) is 26.1. The van der Waals surface area contributed by atoms with Crippen LogP contribution >= 0.6 is 0 Å². The molecule has 1 saturated carbocycles. The first-order valence-corrected chi connectivity index (χ1v) is 11.8. The second-order valence-corrected chi connectivity index (χ2v) is 8.44. The molecule has 0 radical (unpaired) electrons. The molecule has 0 unspecified atom stereocenters. The monoisotopic (exact) mass is 484 g/mol. The first-order chi connectivity index (χ1) is 17.6. The summed E-state index contributed by atoms with van der Waals surface area (Å²) in [6, 6.07) is 22.2. The second-order valence-electron chi connectivity index (χ2n) is 8.44. The van der Waals surface area contributed by atoms with E-state index in [2.05, 4.69) is 10.6 Å². The number of hydrogen-bond donors (Lipinski definition) is 2. The highest BCUT2D eigenvalue weighted by Crippen LogP contribution is 2.29. The molecule has 1 aliphatic carbocycles. The lowest BCUT2D eigenvalue weighted by Gasteiger charge is -2.27. The number of esters is 2. The molecule has 8 nitrogen and oxygen atoms in total. The van der Waals surface area contributed by atoms with Gasteiger partial charge in [-0.1, -0.05) is 36.4 Å². The Morgan fingerprint density at radius 3 is 1.42 bits per heavy atom. The topological polar surface area (TPSA) is 124 Å². The third-order valence-corrected chi connectivity index (χ3v) is 5.86. The highest BCUT2D eigenvalue weighted by molar-refractivity contribution is 5.93. The van der Waals surface area contributed by atoms with Gasteiger partial charge in [-0.15, -0.1) is 0 Å². The van der Waals surface area contributed by atoms with E-state index in [1.165, 1.54) is 12.4 Å². The minimum atomic E-state index is -0.656. The van der Waals surface area contributed by atoms with Crippen LogP contribution in [-0.2, 0) is 19.1 Å². The summed E-state index contributed by atoms with van der Waals surface area (Å²) in [5, 5.41) is 24.4. The molecule has 2 aromatic rings. The van der Waals surface area contributed by atoms with E-state index in [4.69, 9.17) is 9.47 Å². The van der Waals surface area contributed by atoms with Gasteiger partial charge in [-0.05, 0) is 61.8 Å². The smallest absolute Gasteiger partial charge is 0.350 e. The van der Waals surface area contributed by atoms with Crippen LogP contribution < -0.4 is 10.6 Å². The van der Waals surface area contributed by atoms with Gasteiger partial charge < -0.3 is 20.1 Å². The highest BCUT2D eigenvalue weighted by Gasteiger charge is 2.24. The molecule has 8 heteroatoms. The third-order valence-electron chi connectivity index (χ3n) is 5.86. The fourth-order valence-corrected chi connectivity index (χ4v) is 3.76. The van der Waals surface area contributed by atoms with Crippen molar-refractivity contribution >= 4 is 23.3 Å². The molecule has 3 rings (SSSR count). The number of nitriles is 2. The summed E-state index contributed by atoms with van der Waals surface area (Å²) in [6.45, 7) is 0.477. The van der Waals surface area contributed by atoms with Gasteiger partial charge in [0, 0.05) is 23.8 Å². The molecular weight excluding hydrogens is 456 g/mol. The van der Waals surface area contributed by atoms with Crippen molar-refractivity contribution in [3.8, 4) is 12.1 Å². The van der Waals surface area contributed by atoms with Crippen molar-refractivity contribution < 1.29 is 19.1 Å². The van der Waals surface area contributed by atoms with E-state index in [0.29, 0.717) is 0 Å². The number of carbonyl (C=O) groups is 2. The van der Waals surface area contributed by atoms with Crippen molar-refractivity contribution in [2.75, 3.05) is 23.8 Å². The Kier molecular flexibility index (Phi) is 10.1. The Bertz CT molecular complexity index is 1060. The lowest BCUT2D eigenvalue weighted by Crippen LogP contribution is -2.24. The summed E-state index contributed by atoms with van der Waals surface area (Å²) in [4.78, 5) is 24.5. The van der Waals surface area contributed by atoms with Crippen molar-refractivity contribution in [1.82, 2.24) is 0 Å². The predicted octanol–water partition coefficient (Wildman–Crippen LogP) is 4.92. The zero-order chi connectivity index (χ0) is 25.6. The van der Waals surface area contributed by atoms with Crippen LogP contribution in [-0.4, -0.2) is 25.2 Å². The number of carbonyl (C=O) groups excluding carboxylic acids is 2. The first-order valence-electron chi connectivity index (χ1n) is 11.8. The number of hydrogen-bond acceptors (Lipinski definition) is 8. The van der Waals surface area contributed by atoms with Gasteiger partial charge in [0.1, 0.15) is 12.1 Å². The number of anilines is 2. The van der Waals surface area contributed by atoms with E-state index in [1.54, 1.807) is 0 Å². The average Bonchev–Trinajstić information content (AvgIpc) is 2.93. The van der Waals surface area contributed by atoms with E-state index in [-0.39, 0.29) is 36.2 Å². The van der Waals surface area contributed by atoms with Crippen molar-refractivity contribution in [3.63, 3.8) is 0 Å². The number of rotatable bonds is 10. The summed E-state index contributed by atoms with van der Waals surface area (Å²) in [5.74, 6) is -0.936. The lowest BCUT2D eigenvalue weighted by molar-refractivity contribution is -0.142. The van der Waals surface area contributed by atoms with Gasteiger partial charge in [0.25, 0.3) is 0 Å². The van der Waals surface area contributed by atoms with Gasteiger partial charge in [0.15, 0.2) is 11.1 Å². The second kappa shape index (κ2) is 14.0. The van der Waals surface area contributed by atoms with Gasteiger partial charge in [0.2, 0.25) is 0 Å². The fraction of sp³-hybridized carbons (Fsp3) is 0.286. The van der Waals surface area contributed by atoms with E-state index in [0.717, 1.165) is 37.1 Å². The van der Waals surface area contributed by atoms with Crippen LogP contribution in [0.25, 0.3) is 0 Å². The maximum absolute atomic E-state index is 12.3. The summed E-state index contributed by atoms with van der Waals surface area (Å²) in [6.07, 6.45) is 5.98. The molecule has 184 valence electrons. The average molecular weight is 485 g/mol. The molecule has 1 fully saturated rings. The Labute approximate surface area is 210 Å². The molecule has 1 aliphatic rings. The fourth-order valence-electron chi connectivity index (χ4n) is 3.76. The third kappa shape index (κ3) is 8.34. The maximum Gasteiger partial charge on any atom is 0.350 e. The van der Waals surface area contributed by atoms with Crippen molar-refractivity contribution in [3.05, 3.63) is 84.2 Å². The quantitative estimate of drug-likeness (QED) is 0.277. The largest absolute Gasteiger partial charge is 0.461 e. The minimum absolute atomic E-state index is 0.0949. The zero-order valence-electron chi connectivity index (χ0n) is 19.9. The minimum Gasteiger partial charge on any atom is -0.461 e. The van der Waals surface area contributed by atoms with Crippen LogP contribution in [0.15, 0.2) is 84.2 Å². The highest BCUT2D eigenvalue weighted by atomic mass is 16.5. The molecule has 2 aromatic carbocycles. The Morgan fingerprint density at radius 1 is 0.722 bits per heavy atom. The van der Waals surface area contributed by atoms with Crippen LogP contribution in [0.4, 0.5) is 11.4 Å². The van der Waals surface area contributed by atoms with E-state index >= 15 is 0 Å². The molecule has 36 heavy (non-hydrogen) atoms. The summed E-state index contributed by atoms with van der Waals surface area (Å²) < 4.78 is 10.7. The van der Waals surface area contributed by atoms with Crippen LogP contribution in [0.2, 0.25) is 0 Å². The van der Waals surface area contributed by atoms with Crippen LogP contribution in [0.1, 0.15) is 25.7 Å². The normalized spacial score (nSPS) is 17.7. The summed E-state index contributed by atoms with van der Waals surface area (Å²) >= 11 is 0. The van der Waals surface area contributed by atoms with Crippen molar-refractivity contribution in [2.45, 2.75) is 25.7 Å². The molecule has 0 heterocycles. The van der Waals surface area contributed by atoms with Gasteiger partial charge >= 0.3 is 11.9 Å². The van der Waals surface area contributed by atoms with Gasteiger partial charge in [-0.2, -0.15) is 10.5 Å². The Hall–Kier alpha value is -4.56. The maximum atomic E-state index is 12.3. The number of nitrogens with zero attached hydrogens (tertiary/aromatic N) is 2. The number of ether oxygens (including phenoxy) is 2. The summed E-state index contributed by atoms with van der Waals surface area (Å²) in [7, 11) is 0. The molecule has 0 aliphatic heterocycles. The molecular formula is C28H28N4O4. The van der Waals surface area contributed by atoms with E-state index in [9.17, 15) is 20.1 Å². The molecule has 0 bridgehead atoms. The van der Waals surface area contributed by atoms with Crippen molar-refractivity contribution in [2.24, 2.45) is 11.8 Å².